The van der Waals surface area contributed by atoms with Crippen molar-refractivity contribution in [3.63, 3.8) is 0 Å². The Morgan fingerprint density at radius 2 is 1.79 bits per heavy atom. The molecule has 2 heterocycles. The molecule has 6 bridgehead atoms. The minimum Gasteiger partial charge on any atom is -0.497 e. The van der Waals surface area contributed by atoms with Crippen LogP contribution in [0.15, 0.2) is 36.4 Å². The zero-order valence-electron chi connectivity index (χ0n) is 20.8. The SMILES string of the molecule is COc1ccc2cc1O[C@@H]1[C@H]3CCN(C)[C@H](C2)[C@@H]3C=C[C@@H]1OOc1c([N+](=O)[O-])cc([N+](=O)[O-])c(O)c1[N+](=O)[O-]. The third-order valence-electron chi connectivity index (χ3n) is 7.53. The van der Waals surface area contributed by atoms with Crippen molar-refractivity contribution in [2.45, 2.75) is 31.1 Å². The highest BCUT2D eigenvalue weighted by Gasteiger charge is 2.48. The fourth-order valence-corrected chi connectivity index (χ4v) is 5.64. The summed E-state index contributed by atoms with van der Waals surface area (Å²) >= 11 is 0. The van der Waals surface area contributed by atoms with Crippen LogP contribution in [0.5, 0.6) is 23.0 Å². The monoisotopic (exact) mass is 544 g/mol. The summed E-state index contributed by atoms with van der Waals surface area (Å²) in [5.41, 5.74) is -2.65. The van der Waals surface area contributed by atoms with Crippen LogP contribution in [0.4, 0.5) is 17.1 Å². The molecule has 1 N–H and O–H groups in total. The van der Waals surface area contributed by atoms with Crippen LogP contribution >= 0.6 is 0 Å². The second-order valence-corrected chi connectivity index (χ2v) is 9.59. The van der Waals surface area contributed by atoms with E-state index in [-0.39, 0.29) is 17.9 Å². The Bertz CT molecular complexity index is 1380. The van der Waals surface area contributed by atoms with Gasteiger partial charge >= 0.3 is 22.8 Å². The Labute approximate surface area is 220 Å². The van der Waals surface area contributed by atoms with Crippen molar-refractivity contribution in [2.75, 3.05) is 20.7 Å². The average molecular weight is 544 g/mol. The van der Waals surface area contributed by atoms with Crippen molar-refractivity contribution >= 4 is 17.1 Å². The molecule has 2 aliphatic heterocycles. The van der Waals surface area contributed by atoms with E-state index >= 15 is 0 Å². The quantitative estimate of drug-likeness (QED) is 0.232. The lowest BCUT2D eigenvalue weighted by atomic mass is 9.71. The van der Waals surface area contributed by atoms with Gasteiger partial charge in [-0.15, -0.1) is 0 Å². The fraction of sp³-hybridized carbons (Fsp3) is 0.417. The molecule has 2 aromatic rings. The molecule has 206 valence electrons. The van der Waals surface area contributed by atoms with Gasteiger partial charge in [0.15, 0.2) is 17.6 Å². The van der Waals surface area contributed by atoms with Gasteiger partial charge in [0.25, 0.3) is 5.75 Å². The van der Waals surface area contributed by atoms with E-state index in [0.29, 0.717) is 17.6 Å². The first kappa shape index (κ1) is 26.1. The van der Waals surface area contributed by atoms with Crippen molar-refractivity contribution in [3.8, 4) is 23.0 Å². The molecule has 0 saturated carbocycles. The predicted octanol–water partition coefficient (Wildman–Crippen LogP) is 3.31. The highest BCUT2D eigenvalue weighted by Crippen LogP contribution is 2.49. The molecule has 39 heavy (non-hydrogen) atoms. The number of hydrogen-bond acceptors (Lipinski definition) is 12. The zero-order chi connectivity index (χ0) is 28.0. The van der Waals surface area contributed by atoms with Crippen molar-refractivity contribution in [3.05, 3.63) is 72.3 Å². The maximum atomic E-state index is 11.7. The van der Waals surface area contributed by atoms with Crippen LogP contribution in [0.2, 0.25) is 0 Å². The van der Waals surface area contributed by atoms with E-state index in [1.807, 2.05) is 18.2 Å². The number of phenols is 1. The molecule has 3 aliphatic rings. The summed E-state index contributed by atoms with van der Waals surface area (Å²) in [6.45, 7) is 0.771. The number of nitrogens with zero attached hydrogens (tertiary/aromatic N) is 4. The lowest BCUT2D eigenvalue weighted by Gasteiger charge is -2.47. The number of piperidine rings is 1. The molecule has 1 aliphatic carbocycles. The Kier molecular flexibility index (Phi) is 6.69. The lowest BCUT2D eigenvalue weighted by Crippen LogP contribution is -2.55. The first-order chi connectivity index (χ1) is 18.6. The standard InChI is InChI=1S/C24H24N4O11/c1-25-8-7-14-13-4-6-19(23(14)37-20-10-12(9-15(13)25)3-5-18(20)36-2)38-39-24-17(27(32)33)11-16(26(30)31)22(29)21(24)28(34)35/h3-6,10-11,13-15,19,23,29H,7-9H2,1-2H3/t13-,14+,15-,19+,23-/m1/s1. The summed E-state index contributed by atoms with van der Waals surface area (Å²) in [5, 5.41) is 44.8. The number of nitro benzene ring substituents is 3. The molecule has 5 rings (SSSR count). The predicted molar refractivity (Wildman–Crippen MR) is 132 cm³/mol. The topological polar surface area (TPSA) is 190 Å². The average Bonchev–Trinajstić information content (AvgIpc) is 2.90. The maximum Gasteiger partial charge on any atom is 0.370 e. The first-order valence-corrected chi connectivity index (χ1v) is 12.0. The Balaban J connectivity index is 1.54. The van der Waals surface area contributed by atoms with Crippen LogP contribution in [-0.2, 0) is 11.3 Å². The molecule has 0 amide bonds. The van der Waals surface area contributed by atoms with E-state index in [0.717, 1.165) is 24.9 Å². The molecule has 1 saturated heterocycles. The zero-order valence-corrected chi connectivity index (χ0v) is 20.8. The third kappa shape index (κ3) is 4.55. The van der Waals surface area contributed by atoms with Gasteiger partial charge in [-0.05, 0) is 50.0 Å². The smallest absolute Gasteiger partial charge is 0.370 e. The number of aromatic hydroxyl groups is 1. The summed E-state index contributed by atoms with van der Waals surface area (Å²) in [5.74, 6) is -1.53. The normalized spacial score (nSPS) is 25.4. The lowest BCUT2D eigenvalue weighted by molar-refractivity contribution is -0.410. The van der Waals surface area contributed by atoms with Gasteiger partial charge in [-0.3, -0.25) is 30.3 Å². The third-order valence-corrected chi connectivity index (χ3v) is 7.53. The molecular formula is C24H24N4O11. The summed E-state index contributed by atoms with van der Waals surface area (Å²) in [6.07, 6.45) is 3.45. The number of methoxy groups -OCH3 is 1. The summed E-state index contributed by atoms with van der Waals surface area (Å²) in [4.78, 5) is 44.1. The van der Waals surface area contributed by atoms with Crippen LogP contribution in [0.3, 0.4) is 0 Å². The molecule has 1 fully saturated rings. The van der Waals surface area contributed by atoms with E-state index in [1.54, 1.807) is 12.1 Å². The van der Waals surface area contributed by atoms with Gasteiger partial charge in [0.1, 0.15) is 12.2 Å². The molecular weight excluding hydrogens is 520 g/mol. The number of hydrogen-bond donors (Lipinski definition) is 1. The van der Waals surface area contributed by atoms with E-state index < -0.39 is 55.5 Å². The van der Waals surface area contributed by atoms with Crippen molar-refractivity contribution in [1.82, 2.24) is 4.90 Å². The molecule has 2 aromatic carbocycles. The molecule has 15 nitrogen and oxygen atoms in total. The van der Waals surface area contributed by atoms with Gasteiger partial charge in [0, 0.05) is 12.0 Å². The number of phenolic OH excluding ortho intramolecular Hbond substituents is 1. The summed E-state index contributed by atoms with van der Waals surface area (Å²) in [6, 6.07) is 6.18. The molecule has 0 aromatic heterocycles. The summed E-state index contributed by atoms with van der Waals surface area (Å²) < 4.78 is 11.9. The van der Waals surface area contributed by atoms with Crippen molar-refractivity contribution < 1.29 is 39.1 Å². The van der Waals surface area contributed by atoms with Gasteiger partial charge in [-0.2, -0.15) is 4.89 Å². The van der Waals surface area contributed by atoms with E-state index in [1.165, 1.54) is 7.11 Å². The molecule has 0 spiro atoms. The first-order valence-electron chi connectivity index (χ1n) is 12.0. The number of rotatable bonds is 7. The summed E-state index contributed by atoms with van der Waals surface area (Å²) in [7, 11) is 3.56. The van der Waals surface area contributed by atoms with Gasteiger partial charge in [0.05, 0.1) is 21.9 Å². The number of benzene rings is 2. The molecule has 0 unspecified atom stereocenters. The highest BCUT2D eigenvalue weighted by atomic mass is 17.2. The van der Waals surface area contributed by atoms with Crippen LogP contribution in [-0.4, -0.2) is 63.7 Å². The molecule has 0 radical (unpaired) electrons. The number of likely N-dealkylation sites (tertiary alicyclic amines) is 1. The minimum atomic E-state index is -1.40. The van der Waals surface area contributed by atoms with Gasteiger partial charge in [-0.25, -0.2) is 0 Å². The number of fused-ring (bicyclic) bond motifs is 2. The largest absolute Gasteiger partial charge is 0.497 e. The van der Waals surface area contributed by atoms with Crippen LogP contribution < -0.4 is 14.4 Å². The molecule has 15 heteroatoms. The van der Waals surface area contributed by atoms with Crippen molar-refractivity contribution in [2.24, 2.45) is 11.8 Å². The highest BCUT2D eigenvalue weighted by molar-refractivity contribution is 5.74. The minimum absolute atomic E-state index is 0.0703. The van der Waals surface area contributed by atoms with E-state index in [9.17, 15) is 35.4 Å². The fourth-order valence-electron chi connectivity index (χ4n) is 5.64. The van der Waals surface area contributed by atoms with E-state index in [2.05, 4.69) is 11.9 Å². The van der Waals surface area contributed by atoms with Gasteiger partial charge < -0.3 is 24.4 Å². The van der Waals surface area contributed by atoms with Gasteiger partial charge in [-0.1, -0.05) is 18.2 Å². The Morgan fingerprint density at radius 1 is 1.05 bits per heavy atom. The number of ether oxygens (including phenoxy) is 2. The van der Waals surface area contributed by atoms with Crippen LogP contribution in [0, 0.1) is 42.2 Å². The number of nitro groups is 3. The Hall–Kier alpha value is -4.50. The van der Waals surface area contributed by atoms with Gasteiger partial charge in [0.2, 0.25) is 0 Å². The van der Waals surface area contributed by atoms with Crippen LogP contribution in [0.25, 0.3) is 0 Å². The molecule has 5 atom stereocenters. The van der Waals surface area contributed by atoms with Crippen LogP contribution in [0.1, 0.15) is 12.0 Å². The second-order valence-electron chi connectivity index (χ2n) is 9.59. The number of likely N-dealkylation sites (N-methyl/N-ethyl adjacent to an activating group) is 1. The second kappa shape index (κ2) is 9.99. The Morgan fingerprint density at radius 3 is 2.46 bits per heavy atom. The van der Waals surface area contributed by atoms with E-state index in [4.69, 9.17) is 19.2 Å². The van der Waals surface area contributed by atoms with Crippen molar-refractivity contribution in [1.29, 1.82) is 0 Å². The maximum absolute atomic E-state index is 11.7.